The second kappa shape index (κ2) is 52.7. The van der Waals surface area contributed by atoms with Gasteiger partial charge in [-0.05, 0) is 83.1 Å². The van der Waals surface area contributed by atoms with Gasteiger partial charge in [0.25, 0.3) is 7.82 Å². The molecule has 72 heavy (non-hydrogen) atoms. The van der Waals surface area contributed by atoms with E-state index in [1.54, 1.807) is 0 Å². The first kappa shape index (κ1) is 70.2. The maximum absolute atomic E-state index is 13.5. The van der Waals surface area contributed by atoms with Crippen molar-refractivity contribution in [2.75, 3.05) is 40.9 Å². The van der Waals surface area contributed by atoms with Crippen LogP contribution in [0.25, 0.3) is 0 Å². The second-order valence-corrected chi connectivity index (χ2v) is 23.6. The lowest BCUT2D eigenvalue weighted by molar-refractivity contribution is -0.870. The Morgan fingerprint density at radius 2 is 0.806 bits per heavy atom. The topological polar surface area (TPSA) is 114 Å². The van der Waals surface area contributed by atoms with Crippen LogP contribution >= 0.6 is 7.82 Å². The first-order valence-electron chi connectivity index (χ1n) is 30.8. The van der Waals surface area contributed by atoms with Crippen LogP contribution in [0.15, 0.2) is 36.5 Å². The largest absolute Gasteiger partial charge is 0.756 e. The molecule has 0 fully saturated rings. The first-order valence-corrected chi connectivity index (χ1v) is 32.3. The fraction of sp³-hybridized carbons (Fsp3) is 0.871. The number of allylic oxidation sites excluding steroid dienone is 5. The van der Waals surface area contributed by atoms with Crippen LogP contribution in [0, 0.1) is 0 Å². The number of carbonyl (C=O) groups is 2. The fourth-order valence-corrected chi connectivity index (χ4v) is 9.71. The standard InChI is InChI=1S/C62H119N2O7P/c1-7-10-13-16-19-22-25-28-30-32-34-37-40-43-46-49-52-55-62(66)71-60(53-50-47-44-41-38-35-27-24-21-18-15-12-9-3)59(58-70-72(67,68)69-57-56-64(4,5)6)63-61(65)54-51-48-45-42-39-36-33-31-29-26-23-20-17-14-11-8-2/h28,30-31,33,50,53,59-60H,7-27,29,32,34-49,51-52,54-58H2,1-6H3,(H-,63,65,67,68)/b30-28+,33-31+,53-50+. The van der Waals surface area contributed by atoms with Gasteiger partial charge in [0.15, 0.2) is 0 Å². The molecule has 0 rings (SSSR count). The zero-order chi connectivity index (χ0) is 52.9. The van der Waals surface area contributed by atoms with Crippen molar-refractivity contribution >= 4 is 19.7 Å². The Labute approximate surface area is 446 Å². The Bertz CT molecular complexity index is 1330. The summed E-state index contributed by atoms with van der Waals surface area (Å²) in [4.78, 5) is 39.9. The van der Waals surface area contributed by atoms with Crippen LogP contribution in [0.4, 0.5) is 0 Å². The lowest BCUT2D eigenvalue weighted by atomic mass is 10.0. The lowest BCUT2D eigenvalue weighted by Gasteiger charge is -2.30. The Kier molecular flexibility index (Phi) is 51.4. The van der Waals surface area contributed by atoms with Crippen LogP contribution in [-0.2, 0) is 27.9 Å². The summed E-state index contributed by atoms with van der Waals surface area (Å²) in [5.74, 6) is -0.545. The Balaban J connectivity index is 5.32. The van der Waals surface area contributed by atoms with E-state index in [1.165, 1.54) is 173 Å². The van der Waals surface area contributed by atoms with E-state index in [0.717, 1.165) is 89.9 Å². The van der Waals surface area contributed by atoms with Gasteiger partial charge in [0.05, 0.1) is 33.8 Å². The molecule has 424 valence electrons. The minimum Gasteiger partial charge on any atom is -0.756 e. The molecule has 0 aromatic heterocycles. The predicted octanol–water partition coefficient (Wildman–Crippen LogP) is 18.1. The third-order valence-electron chi connectivity index (χ3n) is 13.8. The summed E-state index contributed by atoms with van der Waals surface area (Å²) in [6, 6.07) is -0.891. The minimum atomic E-state index is -4.70. The van der Waals surface area contributed by atoms with Crippen molar-refractivity contribution in [3.8, 4) is 0 Å². The van der Waals surface area contributed by atoms with Crippen LogP contribution in [-0.4, -0.2) is 69.4 Å². The van der Waals surface area contributed by atoms with E-state index < -0.39 is 20.0 Å². The van der Waals surface area contributed by atoms with Gasteiger partial charge in [0, 0.05) is 12.8 Å². The summed E-state index contributed by atoms with van der Waals surface area (Å²) in [6.45, 7) is 6.85. The summed E-state index contributed by atoms with van der Waals surface area (Å²) < 4.78 is 30.3. The van der Waals surface area contributed by atoms with Gasteiger partial charge < -0.3 is 28.5 Å². The molecule has 0 aliphatic rings. The SMILES string of the molecule is CCCCCCCC/C=C/CCCCCCCCCC(=O)OC(/C=C/CCCCCCCCCCCCC)C(COP(=O)([O-])OCC[N+](C)(C)C)NC(=O)CCCCCCC/C=C/CCCCCCCCC. The highest BCUT2D eigenvalue weighted by Gasteiger charge is 2.27. The molecule has 1 N–H and O–H groups in total. The molecule has 0 bridgehead atoms. The van der Waals surface area contributed by atoms with Crippen molar-refractivity contribution in [1.82, 2.24) is 5.32 Å². The van der Waals surface area contributed by atoms with Gasteiger partial charge in [-0.1, -0.05) is 237 Å². The Morgan fingerprint density at radius 3 is 1.18 bits per heavy atom. The van der Waals surface area contributed by atoms with Gasteiger partial charge in [-0.25, -0.2) is 0 Å². The van der Waals surface area contributed by atoms with E-state index in [2.05, 4.69) is 50.4 Å². The lowest BCUT2D eigenvalue weighted by Crippen LogP contribution is -2.47. The van der Waals surface area contributed by atoms with Crippen molar-refractivity contribution in [1.29, 1.82) is 0 Å². The van der Waals surface area contributed by atoms with Gasteiger partial charge in [0.2, 0.25) is 5.91 Å². The fourth-order valence-electron chi connectivity index (χ4n) is 8.98. The van der Waals surface area contributed by atoms with E-state index >= 15 is 0 Å². The number of phosphoric ester groups is 1. The van der Waals surface area contributed by atoms with Gasteiger partial charge in [0.1, 0.15) is 19.3 Å². The number of unbranched alkanes of at least 4 members (excludes halogenated alkanes) is 36. The molecular formula is C62H119N2O7P. The molecule has 0 saturated carbocycles. The molecule has 3 unspecified atom stereocenters. The third-order valence-corrected chi connectivity index (χ3v) is 14.8. The number of rotatable bonds is 56. The molecule has 0 aliphatic carbocycles. The monoisotopic (exact) mass is 1030 g/mol. The van der Waals surface area contributed by atoms with Crippen molar-refractivity contribution in [2.24, 2.45) is 0 Å². The number of amides is 1. The number of esters is 1. The van der Waals surface area contributed by atoms with Gasteiger partial charge in [-0.15, -0.1) is 0 Å². The van der Waals surface area contributed by atoms with Crippen LogP contribution in [0.2, 0.25) is 0 Å². The zero-order valence-corrected chi connectivity index (χ0v) is 49.3. The van der Waals surface area contributed by atoms with Gasteiger partial charge >= 0.3 is 5.97 Å². The van der Waals surface area contributed by atoms with Gasteiger partial charge in [-0.2, -0.15) is 0 Å². The average Bonchev–Trinajstić information content (AvgIpc) is 3.34. The highest BCUT2D eigenvalue weighted by molar-refractivity contribution is 7.45. The average molecular weight is 1040 g/mol. The van der Waals surface area contributed by atoms with Gasteiger partial charge in [-0.3, -0.25) is 14.2 Å². The molecular weight excluding hydrogens is 916 g/mol. The smallest absolute Gasteiger partial charge is 0.306 e. The zero-order valence-electron chi connectivity index (χ0n) is 48.4. The number of hydrogen-bond donors (Lipinski definition) is 1. The highest BCUT2D eigenvalue weighted by Crippen LogP contribution is 2.38. The maximum atomic E-state index is 13.5. The molecule has 9 nitrogen and oxygen atoms in total. The number of ether oxygens (including phenoxy) is 1. The molecule has 0 spiro atoms. The molecule has 0 heterocycles. The van der Waals surface area contributed by atoms with Crippen LogP contribution in [0.5, 0.6) is 0 Å². The number of nitrogens with one attached hydrogen (secondary N) is 1. The van der Waals surface area contributed by atoms with Crippen molar-refractivity contribution < 1.29 is 37.3 Å². The molecule has 0 radical (unpaired) electrons. The Morgan fingerprint density at radius 1 is 0.472 bits per heavy atom. The number of nitrogens with zero attached hydrogens (tertiary/aromatic N) is 1. The van der Waals surface area contributed by atoms with E-state index in [1.807, 2.05) is 33.3 Å². The van der Waals surface area contributed by atoms with E-state index in [-0.39, 0.29) is 31.5 Å². The number of carbonyl (C=O) groups excluding carboxylic acids is 2. The van der Waals surface area contributed by atoms with Crippen molar-refractivity contribution in [2.45, 2.75) is 309 Å². The Hall–Kier alpha value is -1.77. The molecule has 0 aliphatic heterocycles. The molecule has 0 aromatic rings. The van der Waals surface area contributed by atoms with Crippen LogP contribution in [0.1, 0.15) is 297 Å². The minimum absolute atomic E-state index is 0.0230. The predicted molar refractivity (Wildman–Crippen MR) is 307 cm³/mol. The number of hydrogen-bond acceptors (Lipinski definition) is 7. The highest BCUT2D eigenvalue weighted by atomic mass is 31.2. The summed E-state index contributed by atoms with van der Waals surface area (Å²) >= 11 is 0. The number of likely N-dealkylation sites (N-methyl/N-ethyl adjacent to an activating group) is 1. The van der Waals surface area contributed by atoms with E-state index in [4.69, 9.17) is 13.8 Å². The van der Waals surface area contributed by atoms with Crippen LogP contribution < -0.4 is 10.2 Å². The normalized spacial score (nSPS) is 13.9. The molecule has 0 aromatic carbocycles. The third kappa shape index (κ3) is 53.1. The van der Waals surface area contributed by atoms with Crippen LogP contribution in [0.3, 0.4) is 0 Å². The summed E-state index contributed by atoms with van der Waals surface area (Å²) in [5.41, 5.74) is 0. The molecule has 1 amide bonds. The quantitative estimate of drug-likeness (QED) is 0.0212. The van der Waals surface area contributed by atoms with Crippen molar-refractivity contribution in [3.05, 3.63) is 36.5 Å². The first-order chi connectivity index (χ1) is 34.9. The van der Waals surface area contributed by atoms with Crippen molar-refractivity contribution in [3.63, 3.8) is 0 Å². The second-order valence-electron chi connectivity index (χ2n) is 22.2. The molecule has 3 atom stereocenters. The summed E-state index contributed by atoms with van der Waals surface area (Å²) in [5, 5.41) is 3.03. The maximum Gasteiger partial charge on any atom is 0.306 e. The van der Waals surface area contributed by atoms with E-state index in [9.17, 15) is 19.0 Å². The molecule has 10 heteroatoms. The summed E-state index contributed by atoms with van der Waals surface area (Å²) in [6.07, 6.45) is 62.4. The number of quaternary nitrogens is 1. The number of phosphoric acid groups is 1. The van der Waals surface area contributed by atoms with E-state index in [0.29, 0.717) is 17.4 Å². The summed E-state index contributed by atoms with van der Waals surface area (Å²) in [7, 11) is 1.19. The molecule has 0 saturated heterocycles.